The van der Waals surface area contributed by atoms with Gasteiger partial charge in [-0.25, -0.2) is 9.37 Å². The van der Waals surface area contributed by atoms with Gasteiger partial charge in [0.1, 0.15) is 10.8 Å². The number of carbonyl (C=O) groups is 1. The first-order valence-corrected chi connectivity index (χ1v) is 8.19. The fraction of sp³-hybridized carbons (Fsp3) is 0.167. The monoisotopic (exact) mass is 342 g/mol. The number of benzene rings is 1. The number of nitrogens with zero attached hydrogens (tertiary/aromatic N) is 2. The molecule has 6 heteroatoms. The maximum absolute atomic E-state index is 14.1. The second-order valence-electron chi connectivity index (χ2n) is 5.47. The van der Waals surface area contributed by atoms with Crippen molar-refractivity contribution >= 4 is 17.3 Å². The highest BCUT2D eigenvalue weighted by molar-refractivity contribution is 7.11. The number of hydrogen-bond acceptors (Lipinski definition) is 4. The van der Waals surface area contributed by atoms with Gasteiger partial charge in [-0.2, -0.15) is 0 Å². The van der Waals surface area contributed by atoms with E-state index in [1.165, 1.54) is 23.5 Å². The summed E-state index contributed by atoms with van der Waals surface area (Å²) in [6.45, 7) is 1.91. The van der Waals surface area contributed by atoms with Crippen molar-refractivity contribution in [3.8, 4) is 11.1 Å². The van der Waals surface area contributed by atoms with Crippen LogP contribution in [0.1, 0.15) is 27.8 Å². The van der Waals surface area contributed by atoms with E-state index in [-0.39, 0.29) is 6.42 Å². The Bertz CT molecular complexity index is 864. The number of aromatic nitrogens is 2. The lowest BCUT2D eigenvalue weighted by molar-refractivity contribution is -0.137. The number of carboxylic acid groups (broad SMARTS) is 1. The summed E-state index contributed by atoms with van der Waals surface area (Å²) < 4.78 is 14.1. The average Bonchev–Trinajstić information content (AvgIpc) is 2.99. The minimum Gasteiger partial charge on any atom is -0.481 e. The molecule has 0 aliphatic rings. The lowest BCUT2D eigenvalue weighted by Crippen LogP contribution is -2.08. The summed E-state index contributed by atoms with van der Waals surface area (Å²) in [6.07, 6.45) is 4.87. The summed E-state index contributed by atoms with van der Waals surface area (Å²) in [6, 6.07) is 8.23. The van der Waals surface area contributed by atoms with Crippen LogP contribution >= 0.6 is 11.3 Å². The van der Waals surface area contributed by atoms with E-state index in [9.17, 15) is 14.3 Å². The van der Waals surface area contributed by atoms with Crippen molar-refractivity contribution in [3.05, 3.63) is 70.2 Å². The number of carboxylic acids is 1. The van der Waals surface area contributed by atoms with E-state index < -0.39 is 17.7 Å². The van der Waals surface area contributed by atoms with Gasteiger partial charge in [-0.15, -0.1) is 11.3 Å². The van der Waals surface area contributed by atoms with Crippen molar-refractivity contribution in [2.45, 2.75) is 19.3 Å². The normalized spacial score (nSPS) is 12.1. The highest BCUT2D eigenvalue weighted by Gasteiger charge is 2.22. The van der Waals surface area contributed by atoms with Crippen LogP contribution in [0, 0.1) is 12.7 Å². The van der Waals surface area contributed by atoms with E-state index in [2.05, 4.69) is 9.97 Å². The number of hydrogen-bond donors (Lipinski definition) is 1. The molecule has 0 spiro atoms. The van der Waals surface area contributed by atoms with Gasteiger partial charge >= 0.3 is 5.97 Å². The van der Waals surface area contributed by atoms with Gasteiger partial charge in [0.05, 0.1) is 6.42 Å². The quantitative estimate of drug-likeness (QED) is 0.752. The Morgan fingerprint density at radius 3 is 2.75 bits per heavy atom. The molecule has 0 aliphatic heterocycles. The van der Waals surface area contributed by atoms with Gasteiger partial charge in [-0.1, -0.05) is 12.1 Å². The fourth-order valence-electron chi connectivity index (χ4n) is 2.57. The van der Waals surface area contributed by atoms with Crippen molar-refractivity contribution in [1.82, 2.24) is 9.97 Å². The molecule has 122 valence electrons. The van der Waals surface area contributed by atoms with Crippen molar-refractivity contribution in [2.75, 3.05) is 0 Å². The van der Waals surface area contributed by atoms with E-state index in [1.54, 1.807) is 24.7 Å². The molecule has 0 bridgehead atoms. The predicted octanol–water partition coefficient (Wildman–Crippen LogP) is 4.26. The minimum atomic E-state index is -0.944. The number of aryl methyl sites for hydroxylation is 1. The van der Waals surface area contributed by atoms with Gasteiger partial charge in [0.25, 0.3) is 0 Å². The summed E-state index contributed by atoms with van der Waals surface area (Å²) >= 11 is 1.43. The Kier molecular flexibility index (Phi) is 4.66. The van der Waals surface area contributed by atoms with Crippen molar-refractivity contribution in [3.63, 3.8) is 0 Å². The zero-order valence-electron chi connectivity index (χ0n) is 12.9. The first-order chi connectivity index (χ1) is 11.5. The lowest BCUT2D eigenvalue weighted by Gasteiger charge is -2.14. The van der Waals surface area contributed by atoms with Gasteiger partial charge in [0, 0.05) is 34.9 Å². The number of pyridine rings is 1. The van der Waals surface area contributed by atoms with E-state index in [0.29, 0.717) is 16.1 Å². The van der Waals surface area contributed by atoms with Gasteiger partial charge in [-0.3, -0.25) is 9.78 Å². The molecule has 3 aromatic rings. The van der Waals surface area contributed by atoms with E-state index in [4.69, 9.17) is 0 Å². The molecule has 1 N–H and O–H groups in total. The molecule has 1 atom stereocenters. The number of aliphatic carboxylic acids is 1. The number of thiazole rings is 1. The van der Waals surface area contributed by atoms with E-state index >= 15 is 0 Å². The molecule has 2 heterocycles. The van der Waals surface area contributed by atoms with Crippen LogP contribution in [-0.4, -0.2) is 21.0 Å². The zero-order valence-corrected chi connectivity index (χ0v) is 13.8. The van der Waals surface area contributed by atoms with Crippen molar-refractivity contribution in [2.24, 2.45) is 0 Å². The number of halogens is 1. The Morgan fingerprint density at radius 1 is 1.29 bits per heavy atom. The Labute approximate surface area is 142 Å². The molecular formula is C18H15FN2O2S. The van der Waals surface area contributed by atoms with Crippen LogP contribution in [0.3, 0.4) is 0 Å². The SMILES string of the molecule is Cc1cnc(C(CC(=O)O)c2cc(F)cc(-c3cccnc3)c2)s1. The molecule has 0 aliphatic carbocycles. The van der Waals surface area contributed by atoms with Crippen LogP contribution in [0.4, 0.5) is 4.39 Å². The molecule has 3 rings (SSSR count). The maximum Gasteiger partial charge on any atom is 0.304 e. The average molecular weight is 342 g/mol. The lowest BCUT2D eigenvalue weighted by atomic mass is 9.93. The maximum atomic E-state index is 14.1. The third-order valence-electron chi connectivity index (χ3n) is 3.63. The van der Waals surface area contributed by atoms with Crippen LogP contribution in [0.15, 0.2) is 48.9 Å². The van der Waals surface area contributed by atoms with Gasteiger partial charge < -0.3 is 5.11 Å². The molecule has 0 amide bonds. The molecule has 0 radical (unpaired) electrons. The van der Waals surface area contributed by atoms with Crippen molar-refractivity contribution < 1.29 is 14.3 Å². The zero-order chi connectivity index (χ0) is 17.1. The van der Waals surface area contributed by atoms with Crippen LogP contribution in [0.5, 0.6) is 0 Å². The van der Waals surface area contributed by atoms with Crippen LogP contribution < -0.4 is 0 Å². The molecule has 24 heavy (non-hydrogen) atoms. The first kappa shape index (κ1) is 16.3. The fourth-order valence-corrected chi connectivity index (χ4v) is 3.47. The van der Waals surface area contributed by atoms with Gasteiger partial charge in [0.2, 0.25) is 0 Å². The summed E-state index contributed by atoms with van der Waals surface area (Å²) in [7, 11) is 0. The summed E-state index contributed by atoms with van der Waals surface area (Å²) in [5.41, 5.74) is 2.05. The molecule has 0 saturated carbocycles. The van der Waals surface area contributed by atoms with Crippen LogP contribution in [-0.2, 0) is 4.79 Å². The van der Waals surface area contributed by atoms with Gasteiger partial charge in [-0.05, 0) is 36.2 Å². The van der Waals surface area contributed by atoms with E-state index in [0.717, 1.165) is 10.4 Å². The summed E-state index contributed by atoms with van der Waals surface area (Å²) in [5, 5.41) is 9.92. The van der Waals surface area contributed by atoms with Crippen LogP contribution in [0.2, 0.25) is 0 Å². The summed E-state index contributed by atoms with van der Waals surface area (Å²) in [4.78, 5) is 20.6. The van der Waals surface area contributed by atoms with E-state index in [1.807, 2.05) is 19.1 Å². The molecule has 0 fully saturated rings. The molecular weight excluding hydrogens is 327 g/mol. The van der Waals surface area contributed by atoms with Gasteiger partial charge in [0.15, 0.2) is 0 Å². The Morgan fingerprint density at radius 2 is 2.12 bits per heavy atom. The smallest absolute Gasteiger partial charge is 0.304 e. The Balaban J connectivity index is 2.07. The second kappa shape index (κ2) is 6.88. The topological polar surface area (TPSA) is 63.1 Å². The molecule has 2 aromatic heterocycles. The molecule has 4 nitrogen and oxygen atoms in total. The molecule has 1 unspecified atom stereocenters. The summed E-state index contributed by atoms with van der Waals surface area (Å²) in [5.74, 6) is -1.83. The minimum absolute atomic E-state index is 0.136. The highest BCUT2D eigenvalue weighted by atomic mass is 32.1. The number of rotatable bonds is 5. The first-order valence-electron chi connectivity index (χ1n) is 7.38. The largest absolute Gasteiger partial charge is 0.481 e. The second-order valence-corrected chi connectivity index (χ2v) is 6.74. The highest BCUT2D eigenvalue weighted by Crippen LogP contribution is 2.34. The molecule has 0 saturated heterocycles. The third-order valence-corrected chi connectivity index (χ3v) is 4.66. The van der Waals surface area contributed by atoms with Crippen molar-refractivity contribution in [1.29, 1.82) is 0 Å². The Hall–Kier alpha value is -2.60. The third kappa shape index (κ3) is 3.65. The predicted molar refractivity (Wildman–Crippen MR) is 90.6 cm³/mol. The molecule has 1 aromatic carbocycles. The van der Waals surface area contributed by atoms with Crippen LogP contribution in [0.25, 0.3) is 11.1 Å². The standard InChI is InChI=1S/C18H15FN2O2S/c1-11-9-21-18(24-11)16(8-17(22)23)14-5-13(6-15(19)7-14)12-3-2-4-20-10-12/h2-7,9-10,16H,8H2,1H3,(H,22,23).